The summed E-state index contributed by atoms with van der Waals surface area (Å²) in [5.74, 6) is -1.49. The minimum Gasteiger partial charge on any atom is -0.457 e. The Morgan fingerprint density at radius 3 is 2.53 bits per heavy atom. The number of thiazole rings is 1. The van der Waals surface area contributed by atoms with Crippen LogP contribution < -0.4 is 0 Å². The number of cyclic esters (lactones) is 1. The molecule has 1 unspecified atom stereocenters. The van der Waals surface area contributed by atoms with Crippen LogP contribution in [0.1, 0.15) is 84.3 Å². The van der Waals surface area contributed by atoms with Gasteiger partial charge < -0.3 is 14.9 Å². The van der Waals surface area contributed by atoms with Gasteiger partial charge in [0, 0.05) is 17.7 Å². The van der Waals surface area contributed by atoms with E-state index in [2.05, 4.69) is 18.0 Å². The number of Topliss-reactive ketones (excluding diaryl/α,β-unsaturated/α-hetero) is 1. The van der Waals surface area contributed by atoms with Crippen LogP contribution in [0.5, 0.6) is 0 Å². The largest absolute Gasteiger partial charge is 0.457 e. The van der Waals surface area contributed by atoms with Crippen molar-refractivity contribution in [2.24, 2.45) is 17.3 Å². The summed E-state index contributed by atoms with van der Waals surface area (Å²) in [6, 6.07) is 0. The maximum atomic E-state index is 13.2. The van der Waals surface area contributed by atoms with Gasteiger partial charge in [-0.15, -0.1) is 11.3 Å². The second-order valence-electron chi connectivity index (χ2n) is 10.4. The Hall–Kier alpha value is -1.83. The number of hydrogen-bond donors (Lipinski definition) is 2. The molecule has 1 aliphatic heterocycles. The van der Waals surface area contributed by atoms with E-state index in [0.717, 1.165) is 35.5 Å². The highest BCUT2D eigenvalue weighted by Gasteiger charge is 2.42. The standard InChI is InChI=1S/C27H41NO5S/c1-16-9-8-10-17(2)25(31)19(4)26(32)27(6,7)23(29)14-24(30)33-22(12-11-16)18(3)13-21-15-34-20(5)28-21/h11,13,15,17,19,22-23,25,29,31H,8-10,12,14H2,1-7H3/t17?,19-,22+,23+,25+/m1/s1. The quantitative estimate of drug-likeness (QED) is 0.432. The number of ether oxygens (including phenoxy) is 1. The van der Waals surface area contributed by atoms with Crippen molar-refractivity contribution >= 4 is 29.2 Å². The molecule has 2 N–H and O–H groups in total. The Balaban J connectivity index is 2.33. The van der Waals surface area contributed by atoms with E-state index < -0.39 is 35.6 Å². The molecule has 0 aromatic carbocycles. The Labute approximate surface area is 208 Å². The number of aliphatic hydroxyl groups is 2. The van der Waals surface area contributed by atoms with Crippen molar-refractivity contribution in [1.29, 1.82) is 0 Å². The third-order valence-electron chi connectivity index (χ3n) is 7.04. The average Bonchev–Trinajstić information content (AvgIpc) is 3.18. The Morgan fingerprint density at radius 2 is 1.91 bits per heavy atom. The van der Waals surface area contributed by atoms with Crippen molar-refractivity contribution in [1.82, 2.24) is 4.98 Å². The van der Waals surface area contributed by atoms with Crippen LogP contribution >= 0.6 is 11.3 Å². The van der Waals surface area contributed by atoms with Gasteiger partial charge in [0.15, 0.2) is 0 Å². The first-order valence-corrected chi connectivity index (χ1v) is 13.1. The van der Waals surface area contributed by atoms with Crippen molar-refractivity contribution in [3.05, 3.63) is 33.3 Å². The lowest BCUT2D eigenvalue weighted by Crippen LogP contribution is -2.45. The molecular weight excluding hydrogens is 450 g/mol. The molecule has 0 fully saturated rings. The van der Waals surface area contributed by atoms with E-state index in [1.165, 1.54) is 5.57 Å². The van der Waals surface area contributed by atoms with Gasteiger partial charge in [-0.2, -0.15) is 0 Å². The van der Waals surface area contributed by atoms with Gasteiger partial charge in [0.1, 0.15) is 11.9 Å². The first-order valence-electron chi connectivity index (χ1n) is 12.2. The molecule has 6 nitrogen and oxygen atoms in total. The van der Waals surface area contributed by atoms with Crippen LogP contribution in [0.25, 0.3) is 6.08 Å². The van der Waals surface area contributed by atoms with Gasteiger partial charge in [-0.1, -0.05) is 39.3 Å². The summed E-state index contributed by atoms with van der Waals surface area (Å²) < 4.78 is 5.81. The van der Waals surface area contributed by atoms with Gasteiger partial charge in [-0.05, 0) is 57.6 Å². The molecule has 0 bridgehead atoms. The number of carbonyl (C=O) groups excluding carboxylic acids is 2. The van der Waals surface area contributed by atoms with Gasteiger partial charge in [0.2, 0.25) is 0 Å². The second-order valence-corrected chi connectivity index (χ2v) is 11.5. The zero-order chi connectivity index (χ0) is 25.6. The predicted molar refractivity (Wildman–Crippen MR) is 136 cm³/mol. The lowest BCUT2D eigenvalue weighted by atomic mass is 9.73. The van der Waals surface area contributed by atoms with Crippen molar-refractivity contribution in [2.75, 3.05) is 0 Å². The highest BCUT2D eigenvalue weighted by atomic mass is 32.1. The summed E-state index contributed by atoms with van der Waals surface area (Å²) in [5.41, 5.74) is 1.71. The van der Waals surface area contributed by atoms with Crippen LogP contribution in [0.4, 0.5) is 0 Å². The van der Waals surface area contributed by atoms with Gasteiger partial charge in [-0.25, -0.2) is 4.98 Å². The van der Waals surface area contributed by atoms with Crippen LogP contribution in [-0.4, -0.2) is 45.3 Å². The Bertz CT molecular complexity index is 916. The van der Waals surface area contributed by atoms with Gasteiger partial charge >= 0.3 is 5.97 Å². The first-order chi connectivity index (χ1) is 15.8. The van der Waals surface area contributed by atoms with E-state index in [4.69, 9.17) is 4.74 Å². The number of nitrogens with zero attached hydrogens (tertiary/aromatic N) is 1. The lowest BCUT2D eigenvalue weighted by Gasteiger charge is -2.34. The van der Waals surface area contributed by atoms with Gasteiger partial charge in [-0.3, -0.25) is 9.59 Å². The number of aryl methyl sites for hydroxylation is 1. The Kier molecular flexibility index (Phi) is 10.2. The lowest BCUT2D eigenvalue weighted by molar-refractivity contribution is -0.154. The zero-order valence-electron chi connectivity index (χ0n) is 21.6. The molecule has 1 aliphatic rings. The van der Waals surface area contributed by atoms with Crippen LogP contribution in [0.3, 0.4) is 0 Å². The molecule has 0 radical (unpaired) electrons. The number of esters is 1. The molecule has 0 aliphatic carbocycles. The van der Waals surface area contributed by atoms with Crippen LogP contribution in [0.2, 0.25) is 0 Å². The summed E-state index contributed by atoms with van der Waals surface area (Å²) in [6.45, 7) is 12.8. The highest BCUT2D eigenvalue weighted by molar-refractivity contribution is 7.09. The summed E-state index contributed by atoms with van der Waals surface area (Å²) in [5, 5.41) is 24.5. The highest BCUT2D eigenvalue weighted by Crippen LogP contribution is 2.32. The molecule has 2 heterocycles. The number of hydrogen-bond acceptors (Lipinski definition) is 7. The third-order valence-corrected chi connectivity index (χ3v) is 7.83. The van der Waals surface area contributed by atoms with E-state index in [1.807, 2.05) is 32.2 Å². The molecule has 2 rings (SSSR count). The minimum atomic E-state index is -1.21. The molecule has 1 aromatic rings. The van der Waals surface area contributed by atoms with Crippen LogP contribution in [0, 0.1) is 24.2 Å². The molecule has 7 heteroatoms. The number of carbonyl (C=O) groups is 2. The van der Waals surface area contributed by atoms with Crippen molar-refractivity contribution in [3.8, 4) is 0 Å². The van der Waals surface area contributed by atoms with E-state index in [0.29, 0.717) is 6.42 Å². The van der Waals surface area contributed by atoms with Crippen molar-refractivity contribution in [2.45, 2.75) is 98.9 Å². The van der Waals surface area contributed by atoms with E-state index in [9.17, 15) is 19.8 Å². The molecule has 190 valence electrons. The summed E-state index contributed by atoms with van der Waals surface area (Å²) in [7, 11) is 0. The van der Waals surface area contributed by atoms with Gasteiger partial charge in [0.05, 0.1) is 34.7 Å². The maximum absolute atomic E-state index is 13.2. The van der Waals surface area contributed by atoms with E-state index in [1.54, 1.807) is 32.1 Å². The SMILES string of the molecule is CC1=CC[C@@H](C(C)=Cc2csc(C)n2)OC(=O)C[C@H](O)C(C)(C)C(=O)[C@H](C)[C@@H](O)C(C)CCC1. The van der Waals surface area contributed by atoms with Crippen molar-refractivity contribution < 1.29 is 24.5 Å². The predicted octanol–water partition coefficient (Wildman–Crippen LogP) is 5.27. The van der Waals surface area contributed by atoms with Crippen LogP contribution in [0.15, 0.2) is 22.6 Å². The molecule has 1 aromatic heterocycles. The molecule has 0 saturated heterocycles. The fourth-order valence-corrected chi connectivity index (χ4v) is 4.97. The number of rotatable bonds is 2. The number of allylic oxidation sites excluding steroid dienone is 1. The fraction of sp³-hybridized carbons (Fsp3) is 0.667. The van der Waals surface area contributed by atoms with E-state index >= 15 is 0 Å². The third kappa shape index (κ3) is 7.59. The number of aliphatic hydroxyl groups excluding tert-OH is 2. The first kappa shape index (κ1) is 28.4. The average molecular weight is 492 g/mol. The maximum Gasteiger partial charge on any atom is 0.309 e. The normalized spacial score (nSPS) is 30.6. The second kappa shape index (κ2) is 12.2. The van der Waals surface area contributed by atoms with Crippen molar-refractivity contribution in [3.63, 3.8) is 0 Å². The van der Waals surface area contributed by atoms with Gasteiger partial charge in [0.25, 0.3) is 0 Å². The summed E-state index contributed by atoms with van der Waals surface area (Å²) in [4.78, 5) is 30.5. The van der Waals surface area contributed by atoms with E-state index in [-0.39, 0.29) is 18.1 Å². The monoisotopic (exact) mass is 491 g/mol. The number of aromatic nitrogens is 1. The smallest absolute Gasteiger partial charge is 0.309 e. The summed E-state index contributed by atoms with van der Waals surface area (Å²) >= 11 is 1.56. The molecule has 34 heavy (non-hydrogen) atoms. The fourth-order valence-electron chi connectivity index (χ4n) is 4.40. The zero-order valence-corrected chi connectivity index (χ0v) is 22.4. The number of ketones is 1. The topological polar surface area (TPSA) is 96.7 Å². The minimum absolute atomic E-state index is 0.0444. The molecule has 0 amide bonds. The molecule has 5 atom stereocenters. The summed E-state index contributed by atoms with van der Waals surface area (Å²) in [6.07, 6.45) is 4.33. The molecule has 0 spiro atoms. The van der Waals surface area contributed by atoms with Crippen LogP contribution in [-0.2, 0) is 14.3 Å². The molecule has 0 saturated carbocycles. The Morgan fingerprint density at radius 1 is 1.24 bits per heavy atom. The molecular formula is C27H41NO5S.